The summed E-state index contributed by atoms with van der Waals surface area (Å²) in [6.07, 6.45) is 3.22. The Morgan fingerprint density at radius 2 is 2.31 bits per heavy atom. The van der Waals surface area contributed by atoms with Crippen LogP contribution in [0.15, 0.2) is 12.1 Å². The third kappa shape index (κ3) is 3.81. The summed E-state index contributed by atoms with van der Waals surface area (Å²) in [6.45, 7) is 2.14. The molecule has 5 heteroatoms. The number of nitrogens with zero attached hydrogens (tertiary/aromatic N) is 1. The van der Waals surface area contributed by atoms with Gasteiger partial charge >= 0.3 is 0 Å². The van der Waals surface area contributed by atoms with Gasteiger partial charge in [-0.2, -0.15) is 16.7 Å². The van der Waals surface area contributed by atoms with Crippen molar-refractivity contribution in [3.8, 4) is 5.88 Å². The van der Waals surface area contributed by atoms with Crippen molar-refractivity contribution < 1.29 is 4.74 Å². The molecule has 1 rings (SSSR count). The minimum Gasteiger partial charge on any atom is -0.479 e. The molecule has 0 aromatic carbocycles. The molecule has 1 heterocycles. The highest BCUT2D eigenvalue weighted by Crippen LogP contribution is 2.20. The number of pyridine rings is 1. The van der Waals surface area contributed by atoms with Crippen LogP contribution in [0.4, 0.5) is 11.5 Å². The molecule has 4 nitrogen and oxygen atoms in total. The molecular weight excluding hydrogens is 222 g/mol. The second-order valence-electron chi connectivity index (χ2n) is 3.62. The van der Waals surface area contributed by atoms with Crippen LogP contribution in [0.1, 0.15) is 13.3 Å². The molecule has 1 aromatic heterocycles. The van der Waals surface area contributed by atoms with E-state index in [0.29, 0.717) is 17.6 Å². The monoisotopic (exact) mass is 241 g/mol. The van der Waals surface area contributed by atoms with Crippen molar-refractivity contribution >= 4 is 23.3 Å². The minimum atomic E-state index is 0.397. The smallest absolute Gasteiger partial charge is 0.238 e. The van der Waals surface area contributed by atoms with Gasteiger partial charge < -0.3 is 15.8 Å². The van der Waals surface area contributed by atoms with E-state index in [-0.39, 0.29) is 0 Å². The highest BCUT2D eigenvalue weighted by Gasteiger charge is 2.05. The summed E-state index contributed by atoms with van der Waals surface area (Å²) >= 11 is 1.85. The molecule has 0 radical (unpaired) electrons. The second kappa shape index (κ2) is 6.48. The highest BCUT2D eigenvalue weighted by atomic mass is 32.2. The lowest BCUT2D eigenvalue weighted by Gasteiger charge is -2.14. The van der Waals surface area contributed by atoms with Crippen LogP contribution in [-0.2, 0) is 0 Å². The van der Waals surface area contributed by atoms with E-state index < -0.39 is 0 Å². The lowest BCUT2D eigenvalue weighted by atomic mass is 10.2. The van der Waals surface area contributed by atoms with E-state index in [9.17, 15) is 0 Å². The van der Waals surface area contributed by atoms with Crippen LogP contribution < -0.4 is 15.8 Å². The van der Waals surface area contributed by atoms with E-state index in [2.05, 4.69) is 23.5 Å². The first-order valence-corrected chi connectivity index (χ1v) is 6.62. The van der Waals surface area contributed by atoms with Gasteiger partial charge in [0.2, 0.25) is 5.88 Å². The predicted octanol–water partition coefficient (Wildman–Crippen LogP) is 2.23. The van der Waals surface area contributed by atoms with Crippen LogP contribution in [0.2, 0.25) is 0 Å². The second-order valence-corrected chi connectivity index (χ2v) is 4.61. The molecule has 0 fully saturated rings. The molecule has 16 heavy (non-hydrogen) atoms. The minimum absolute atomic E-state index is 0.397. The van der Waals surface area contributed by atoms with E-state index in [0.717, 1.165) is 18.0 Å². The Balaban J connectivity index is 2.59. The number of thioether (sulfide) groups is 1. The highest BCUT2D eigenvalue weighted by molar-refractivity contribution is 7.98. The van der Waals surface area contributed by atoms with Crippen molar-refractivity contribution in [1.82, 2.24) is 4.98 Å². The maximum absolute atomic E-state index is 5.69. The lowest BCUT2D eigenvalue weighted by molar-refractivity contribution is 0.400. The Hall–Kier alpha value is -1.10. The molecule has 0 amide bonds. The van der Waals surface area contributed by atoms with Gasteiger partial charge in [0.25, 0.3) is 0 Å². The van der Waals surface area contributed by atoms with Crippen molar-refractivity contribution in [3.63, 3.8) is 0 Å². The molecule has 0 saturated carbocycles. The average molecular weight is 241 g/mol. The Bertz CT molecular complexity index is 333. The topological polar surface area (TPSA) is 60.2 Å². The van der Waals surface area contributed by atoms with Crippen molar-refractivity contribution in [1.29, 1.82) is 0 Å². The van der Waals surface area contributed by atoms with Crippen LogP contribution in [0, 0.1) is 0 Å². The molecule has 1 unspecified atom stereocenters. The zero-order chi connectivity index (χ0) is 12.0. The standard InChI is InChI=1S/C11H19N3OS/c1-8(6-7-16-3)13-10-5-4-9(12)11(14-10)15-2/h4-5,8H,6-7,12H2,1-3H3,(H,13,14). The molecule has 1 atom stereocenters. The first-order valence-electron chi connectivity index (χ1n) is 5.23. The number of nitrogen functional groups attached to an aromatic ring is 1. The van der Waals surface area contributed by atoms with Crippen molar-refractivity contribution in [2.24, 2.45) is 0 Å². The van der Waals surface area contributed by atoms with Gasteiger partial charge in [-0.05, 0) is 37.5 Å². The van der Waals surface area contributed by atoms with E-state index in [1.165, 1.54) is 0 Å². The fraction of sp³-hybridized carbons (Fsp3) is 0.545. The quantitative estimate of drug-likeness (QED) is 0.799. The van der Waals surface area contributed by atoms with Gasteiger partial charge in [-0.25, -0.2) is 0 Å². The van der Waals surface area contributed by atoms with Gasteiger partial charge in [0, 0.05) is 6.04 Å². The zero-order valence-electron chi connectivity index (χ0n) is 9.99. The molecule has 0 saturated heterocycles. The number of anilines is 2. The van der Waals surface area contributed by atoms with Crippen LogP contribution in [-0.4, -0.2) is 30.1 Å². The summed E-state index contributed by atoms with van der Waals surface area (Å²) in [4.78, 5) is 4.27. The molecular formula is C11H19N3OS. The summed E-state index contributed by atoms with van der Waals surface area (Å²) in [7, 11) is 1.57. The average Bonchev–Trinajstić information content (AvgIpc) is 2.29. The molecule has 90 valence electrons. The third-order valence-electron chi connectivity index (χ3n) is 2.23. The summed E-state index contributed by atoms with van der Waals surface area (Å²) in [5.74, 6) is 2.42. The first kappa shape index (κ1) is 13.0. The van der Waals surface area contributed by atoms with Crippen LogP contribution in [0.3, 0.4) is 0 Å². The van der Waals surface area contributed by atoms with Gasteiger partial charge in [0.1, 0.15) is 5.82 Å². The predicted molar refractivity (Wildman–Crippen MR) is 71.3 cm³/mol. The van der Waals surface area contributed by atoms with Crippen molar-refractivity contribution in [2.75, 3.05) is 30.2 Å². The maximum atomic E-state index is 5.69. The number of hydrogen-bond acceptors (Lipinski definition) is 5. The first-order chi connectivity index (χ1) is 7.67. The summed E-state index contributed by atoms with van der Waals surface area (Å²) in [6, 6.07) is 4.07. The van der Waals surface area contributed by atoms with Gasteiger partial charge in [-0.1, -0.05) is 0 Å². The third-order valence-corrected chi connectivity index (χ3v) is 2.88. The number of hydrogen-bond donors (Lipinski definition) is 2. The Labute approximate surface area is 101 Å². The fourth-order valence-electron chi connectivity index (χ4n) is 1.31. The molecule has 0 aliphatic carbocycles. The Morgan fingerprint density at radius 1 is 1.56 bits per heavy atom. The molecule has 0 spiro atoms. The van der Waals surface area contributed by atoms with E-state index >= 15 is 0 Å². The van der Waals surface area contributed by atoms with Crippen LogP contribution >= 0.6 is 11.8 Å². The number of rotatable bonds is 6. The van der Waals surface area contributed by atoms with Crippen molar-refractivity contribution in [3.05, 3.63) is 12.1 Å². The number of methoxy groups -OCH3 is 1. The van der Waals surface area contributed by atoms with Crippen molar-refractivity contribution in [2.45, 2.75) is 19.4 Å². The van der Waals surface area contributed by atoms with Gasteiger partial charge in [-0.3, -0.25) is 0 Å². The number of nitrogens with one attached hydrogen (secondary N) is 1. The summed E-state index contributed by atoms with van der Waals surface area (Å²) < 4.78 is 5.07. The van der Waals surface area contributed by atoms with Crippen LogP contribution in [0.25, 0.3) is 0 Å². The molecule has 0 bridgehead atoms. The molecule has 0 aliphatic heterocycles. The zero-order valence-corrected chi connectivity index (χ0v) is 10.8. The normalized spacial score (nSPS) is 12.2. The van der Waals surface area contributed by atoms with E-state index in [1.54, 1.807) is 13.2 Å². The van der Waals surface area contributed by atoms with Gasteiger partial charge in [-0.15, -0.1) is 0 Å². The molecule has 0 aliphatic rings. The van der Waals surface area contributed by atoms with Gasteiger partial charge in [0.15, 0.2) is 0 Å². The summed E-state index contributed by atoms with van der Waals surface area (Å²) in [5, 5.41) is 3.32. The summed E-state index contributed by atoms with van der Waals surface area (Å²) in [5.41, 5.74) is 6.25. The Morgan fingerprint density at radius 3 is 2.94 bits per heavy atom. The SMILES string of the molecule is COc1nc(NC(C)CCSC)ccc1N. The van der Waals surface area contributed by atoms with Crippen LogP contribution in [0.5, 0.6) is 5.88 Å². The van der Waals surface area contributed by atoms with E-state index in [4.69, 9.17) is 10.5 Å². The van der Waals surface area contributed by atoms with Gasteiger partial charge in [0.05, 0.1) is 12.8 Å². The molecule has 1 aromatic rings. The Kier molecular flexibility index (Phi) is 5.25. The largest absolute Gasteiger partial charge is 0.479 e. The number of nitrogens with two attached hydrogens (primary N) is 1. The number of ether oxygens (including phenoxy) is 1. The maximum Gasteiger partial charge on any atom is 0.238 e. The fourth-order valence-corrected chi connectivity index (χ4v) is 1.90. The number of aromatic nitrogens is 1. The molecule has 3 N–H and O–H groups in total. The lowest BCUT2D eigenvalue weighted by Crippen LogP contribution is -2.17. The van der Waals surface area contributed by atoms with E-state index in [1.807, 2.05) is 17.8 Å².